The number of rotatable bonds is 4. The Hall–Kier alpha value is -2.11. The SMILES string of the molecule is CN(C)C(=O)CCn1ccc(C(=O)O)cc1=O. The second-order valence-electron chi connectivity index (χ2n) is 3.79. The molecule has 17 heavy (non-hydrogen) atoms. The fraction of sp³-hybridized carbons (Fsp3) is 0.364. The first-order valence-corrected chi connectivity index (χ1v) is 5.05. The zero-order chi connectivity index (χ0) is 13.0. The van der Waals surface area contributed by atoms with Gasteiger partial charge in [-0.15, -0.1) is 0 Å². The lowest BCUT2D eigenvalue weighted by Gasteiger charge is -2.10. The van der Waals surface area contributed by atoms with Crippen molar-refractivity contribution in [1.29, 1.82) is 0 Å². The molecule has 92 valence electrons. The second kappa shape index (κ2) is 5.29. The molecule has 0 unspecified atom stereocenters. The maximum absolute atomic E-state index is 11.5. The molecule has 0 spiro atoms. The van der Waals surface area contributed by atoms with E-state index in [0.29, 0.717) is 0 Å². The van der Waals surface area contributed by atoms with E-state index in [0.717, 1.165) is 6.07 Å². The van der Waals surface area contributed by atoms with E-state index in [1.54, 1.807) is 14.1 Å². The molecule has 1 amide bonds. The summed E-state index contributed by atoms with van der Waals surface area (Å²) in [5.74, 6) is -1.22. The van der Waals surface area contributed by atoms with Crippen LogP contribution >= 0.6 is 0 Å². The highest BCUT2D eigenvalue weighted by Crippen LogP contribution is 1.96. The summed E-state index contributed by atoms with van der Waals surface area (Å²) < 4.78 is 1.31. The third kappa shape index (κ3) is 3.44. The number of carboxylic acids is 1. The number of carbonyl (C=O) groups is 2. The predicted octanol–water partition coefficient (Wildman–Crippen LogP) is 0.0248. The largest absolute Gasteiger partial charge is 0.478 e. The number of nitrogens with zero attached hydrogens (tertiary/aromatic N) is 2. The molecule has 1 N–H and O–H groups in total. The maximum atomic E-state index is 11.5. The summed E-state index contributed by atoms with van der Waals surface area (Å²) in [5, 5.41) is 8.68. The van der Waals surface area contributed by atoms with Gasteiger partial charge in [-0.25, -0.2) is 4.79 Å². The summed E-state index contributed by atoms with van der Waals surface area (Å²) in [4.78, 5) is 34.9. The molecule has 0 saturated heterocycles. The molecule has 6 heteroatoms. The van der Waals surface area contributed by atoms with E-state index in [2.05, 4.69) is 0 Å². The standard InChI is InChI=1S/C11H14N2O4/c1-12(2)9(14)4-6-13-5-3-8(11(16)17)7-10(13)15/h3,5,7H,4,6H2,1-2H3,(H,16,17). The molecule has 0 bridgehead atoms. The highest BCUT2D eigenvalue weighted by atomic mass is 16.4. The molecular weight excluding hydrogens is 224 g/mol. The molecule has 0 saturated carbocycles. The molecule has 1 rings (SSSR count). The van der Waals surface area contributed by atoms with Crippen LogP contribution in [-0.2, 0) is 11.3 Å². The Morgan fingerprint density at radius 3 is 2.53 bits per heavy atom. The number of amides is 1. The highest BCUT2D eigenvalue weighted by Gasteiger charge is 2.07. The molecule has 0 aliphatic rings. The monoisotopic (exact) mass is 238 g/mol. The lowest BCUT2D eigenvalue weighted by molar-refractivity contribution is -0.128. The first-order chi connectivity index (χ1) is 7.91. The highest BCUT2D eigenvalue weighted by molar-refractivity contribution is 5.87. The number of pyridine rings is 1. The van der Waals surface area contributed by atoms with Crippen molar-refractivity contribution in [1.82, 2.24) is 9.47 Å². The molecule has 0 aromatic carbocycles. The summed E-state index contributed by atoms with van der Waals surface area (Å²) in [6, 6.07) is 2.38. The van der Waals surface area contributed by atoms with Gasteiger partial charge in [-0.05, 0) is 6.07 Å². The zero-order valence-corrected chi connectivity index (χ0v) is 9.71. The van der Waals surface area contributed by atoms with E-state index in [4.69, 9.17) is 5.11 Å². The number of hydrogen-bond acceptors (Lipinski definition) is 3. The van der Waals surface area contributed by atoms with E-state index < -0.39 is 11.5 Å². The van der Waals surface area contributed by atoms with Crippen molar-refractivity contribution >= 4 is 11.9 Å². The van der Waals surface area contributed by atoms with E-state index >= 15 is 0 Å². The van der Waals surface area contributed by atoms with Gasteiger partial charge in [-0.3, -0.25) is 9.59 Å². The third-order valence-corrected chi connectivity index (χ3v) is 2.31. The minimum atomic E-state index is -1.14. The molecule has 0 atom stereocenters. The van der Waals surface area contributed by atoms with Crippen LogP contribution in [0.1, 0.15) is 16.8 Å². The van der Waals surface area contributed by atoms with Gasteiger partial charge in [-0.2, -0.15) is 0 Å². The topological polar surface area (TPSA) is 79.6 Å². The van der Waals surface area contributed by atoms with Crippen LogP contribution in [-0.4, -0.2) is 40.5 Å². The van der Waals surface area contributed by atoms with Crippen LogP contribution in [0.25, 0.3) is 0 Å². The van der Waals surface area contributed by atoms with E-state index in [1.165, 1.54) is 21.7 Å². The van der Waals surface area contributed by atoms with Gasteiger partial charge in [0, 0.05) is 39.3 Å². The minimum Gasteiger partial charge on any atom is -0.478 e. The summed E-state index contributed by atoms with van der Waals surface area (Å²) in [6.45, 7) is 0.246. The van der Waals surface area contributed by atoms with Gasteiger partial charge >= 0.3 is 5.97 Å². The van der Waals surface area contributed by atoms with Crippen molar-refractivity contribution in [2.24, 2.45) is 0 Å². The van der Waals surface area contributed by atoms with Gasteiger partial charge in [0.15, 0.2) is 0 Å². The average Bonchev–Trinajstić information content (AvgIpc) is 2.26. The summed E-state index contributed by atoms with van der Waals surface area (Å²) in [7, 11) is 3.28. The lowest BCUT2D eigenvalue weighted by atomic mass is 10.2. The normalized spacial score (nSPS) is 10.0. The fourth-order valence-corrected chi connectivity index (χ4v) is 1.27. The number of aromatic nitrogens is 1. The Kier molecular flexibility index (Phi) is 4.03. The molecule has 6 nitrogen and oxygen atoms in total. The van der Waals surface area contributed by atoms with Crippen molar-refractivity contribution < 1.29 is 14.7 Å². The Balaban J connectivity index is 2.77. The molecule has 0 aliphatic heterocycles. The smallest absolute Gasteiger partial charge is 0.335 e. The van der Waals surface area contributed by atoms with Gasteiger partial charge in [0.2, 0.25) is 5.91 Å². The van der Waals surface area contributed by atoms with Gasteiger partial charge in [0.25, 0.3) is 5.56 Å². The van der Waals surface area contributed by atoms with Gasteiger partial charge in [0.05, 0.1) is 5.56 Å². The van der Waals surface area contributed by atoms with Crippen LogP contribution in [0.4, 0.5) is 0 Å². The minimum absolute atomic E-state index is 0.0508. The molecule has 1 aromatic heterocycles. The van der Waals surface area contributed by atoms with Gasteiger partial charge < -0.3 is 14.6 Å². The van der Waals surface area contributed by atoms with E-state index in [-0.39, 0.29) is 24.4 Å². The molecule has 0 radical (unpaired) electrons. The van der Waals surface area contributed by atoms with Crippen LogP contribution in [0.15, 0.2) is 23.1 Å². The Labute approximate surface area is 98.1 Å². The lowest BCUT2D eigenvalue weighted by Crippen LogP contribution is -2.26. The van der Waals surface area contributed by atoms with Gasteiger partial charge in [0.1, 0.15) is 0 Å². The van der Waals surface area contributed by atoms with Crippen LogP contribution in [0.2, 0.25) is 0 Å². The number of hydrogen-bond donors (Lipinski definition) is 1. The summed E-state index contributed by atoms with van der Waals surface area (Å²) >= 11 is 0. The van der Waals surface area contributed by atoms with Crippen molar-refractivity contribution in [2.75, 3.05) is 14.1 Å². The van der Waals surface area contributed by atoms with Crippen LogP contribution in [0.3, 0.4) is 0 Å². The van der Waals surface area contributed by atoms with E-state index in [1.807, 2.05) is 0 Å². The molecule has 0 fully saturated rings. The first kappa shape index (κ1) is 13.0. The number of carbonyl (C=O) groups excluding carboxylic acids is 1. The molecule has 0 aliphatic carbocycles. The average molecular weight is 238 g/mol. The number of aryl methyl sites for hydroxylation is 1. The van der Waals surface area contributed by atoms with Crippen molar-refractivity contribution in [3.8, 4) is 0 Å². The Morgan fingerprint density at radius 1 is 1.41 bits per heavy atom. The van der Waals surface area contributed by atoms with Crippen LogP contribution in [0.5, 0.6) is 0 Å². The molecular formula is C11H14N2O4. The quantitative estimate of drug-likeness (QED) is 0.802. The first-order valence-electron chi connectivity index (χ1n) is 5.05. The number of carboxylic acid groups (broad SMARTS) is 1. The Bertz CT molecular complexity index is 490. The molecule has 1 heterocycles. The second-order valence-corrected chi connectivity index (χ2v) is 3.79. The van der Waals surface area contributed by atoms with Crippen LogP contribution in [0, 0.1) is 0 Å². The van der Waals surface area contributed by atoms with Crippen molar-refractivity contribution in [3.63, 3.8) is 0 Å². The maximum Gasteiger partial charge on any atom is 0.335 e. The number of aromatic carboxylic acids is 1. The zero-order valence-electron chi connectivity index (χ0n) is 9.71. The predicted molar refractivity (Wildman–Crippen MR) is 61.0 cm³/mol. The van der Waals surface area contributed by atoms with Crippen molar-refractivity contribution in [2.45, 2.75) is 13.0 Å². The fourth-order valence-electron chi connectivity index (χ4n) is 1.27. The summed E-state index contributed by atoms with van der Waals surface area (Å²) in [6.07, 6.45) is 1.59. The Morgan fingerprint density at radius 2 is 2.06 bits per heavy atom. The van der Waals surface area contributed by atoms with Gasteiger partial charge in [-0.1, -0.05) is 0 Å². The third-order valence-electron chi connectivity index (χ3n) is 2.31. The summed E-state index contributed by atoms with van der Waals surface area (Å²) in [5.41, 5.74) is -0.471. The molecule has 1 aromatic rings. The van der Waals surface area contributed by atoms with E-state index in [9.17, 15) is 14.4 Å². The van der Waals surface area contributed by atoms with Crippen LogP contribution < -0.4 is 5.56 Å². The van der Waals surface area contributed by atoms with Crippen molar-refractivity contribution in [3.05, 3.63) is 34.2 Å².